The summed E-state index contributed by atoms with van der Waals surface area (Å²) in [6, 6.07) is 7.40. The van der Waals surface area contributed by atoms with Gasteiger partial charge in [0, 0.05) is 11.6 Å². The Morgan fingerprint density at radius 1 is 1.11 bits per heavy atom. The van der Waals surface area contributed by atoms with Crippen molar-refractivity contribution in [3.05, 3.63) is 46.3 Å². The van der Waals surface area contributed by atoms with Crippen molar-refractivity contribution in [2.24, 2.45) is 0 Å². The van der Waals surface area contributed by atoms with E-state index in [0.717, 1.165) is 5.56 Å². The standard InChI is InChI=1S/C19H23Cl2N5O9P2/c20-12-4-2-1-3-10(12)5-6-22-16-11-7-23-26(17(11)25-19(21)24-16)18-15(28)14(27)13(35-18)8-34-37(32,33)9-36(29,30)31/h1-4,7,13-15,18,27-28H,5-6,8-9H2,(H,32,33)(H,22,24,25)(H2,29,30,31)/t13-,14-,15-,18-/m1/s1. The minimum Gasteiger partial charge on any atom is -0.387 e. The molecule has 2 aromatic heterocycles. The van der Waals surface area contributed by atoms with Crippen molar-refractivity contribution in [1.29, 1.82) is 0 Å². The van der Waals surface area contributed by atoms with E-state index in [1.165, 1.54) is 10.9 Å². The molecular formula is C19H23Cl2N5O9P2. The van der Waals surface area contributed by atoms with Gasteiger partial charge in [-0.1, -0.05) is 29.8 Å². The monoisotopic (exact) mass is 597 g/mol. The number of hydrogen-bond donors (Lipinski definition) is 6. The second-order valence-electron chi connectivity index (χ2n) is 8.22. The van der Waals surface area contributed by atoms with Crippen LogP contribution in [0, 0.1) is 0 Å². The van der Waals surface area contributed by atoms with Crippen LogP contribution in [0.5, 0.6) is 0 Å². The molecule has 1 saturated heterocycles. The molecule has 37 heavy (non-hydrogen) atoms. The van der Waals surface area contributed by atoms with Crippen LogP contribution < -0.4 is 5.32 Å². The molecule has 3 aromatic rings. The quantitative estimate of drug-likeness (QED) is 0.145. The predicted octanol–water partition coefficient (Wildman–Crippen LogP) is 1.74. The summed E-state index contributed by atoms with van der Waals surface area (Å²) in [5.41, 5.74) is 1.11. The normalized spacial score (nSPS) is 23.9. The van der Waals surface area contributed by atoms with Gasteiger partial charge in [0.25, 0.3) is 0 Å². The van der Waals surface area contributed by atoms with Gasteiger partial charge in [-0.2, -0.15) is 15.1 Å². The molecule has 202 valence electrons. The Kier molecular flexibility index (Phi) is 8.59. The molecule has 0 saturated carbocycles. The maximum atomic E-state index is 11.9. The molecule has 0 radical (unpaired) electrons. The molecule has 5 atom stereocenters. The van der Waals surface area contributed by atoms with Gasteiger partial charge >= 0.3 is 15.2 Å². The average Bonchev–Trinajstić information content (AvgIpc) is 3.33. The first kappa shape index (κ1) is 28.3. The molecule has 1 fully saturated rings. The Labute approximate surface area is 219 Å². The van der Waals surface area contributed by atoms with Crippen molar-refractivity contribution in [2.75, 3.05) is 24.4 Å². The fourth-order valence-corrected chi connectivity index (χ4v) is 6.73. The molecule has 0 bridgehead atoms. The van der Waals surface area contributed by atoms with E-state index in [2.05, 4.69) is 20.4 Å². The largest absolute Gasteiger partial charge is 0.387 e. The van der Waals surface area contributed by atoms with Crippen LogP contribution in [0.25, 0.3) is 11.0 Å². The highest BCUT2D eigenvalue weighted by Gasteiger charge is 2.46. The van der Waals surface area contributed by atoms with E-state index in [9.17, 15) is 24.2 Å². The minimum absolute atomic E-state index is 0.124. The summed E-state index contributed by atoms with van der Waals surface area (Å²) in [6.07, 6.45) is -3.74. The lowest BCUT2D eigenvalue weighted by Gasteiger charge is -2.18. The van der Waals surface area contributed by atoms with Gasteiger partial charge in [0.1, 0.15) is 24.1 Å². The molecule has 4 rings (SSSR count). The molecule has 18 heteroatoms. The van der Waals surface area contributed by atoms with Crippen LogP contribution in [-0.4, -0.2) is 82.0 Å². The van der Waals surface area contributed by atoms with Crippen molar-refractivity contribution in [1.82, 2.24) is 19.7 Å². The lowest BCUT2D eigenvalue weighted by Crippen LogP contribution is -2.33. The van der Waals surface area contributed by atoms with Gasteiger partial charge in [0.05, 0.1) is 18.2 Å². The summed E-state index contributed by atoms with van der Waals surface area (Å²) < 4.78 is 34.4. The number of nitrogens with one attached hydrogen (secondary N) is 1. The number of hydrogen-bond acceptors (Lipinski definition) is 10. The molecule has 1 aliphatic rings. The lowest BCUT2D eigenvalue weighted by molar-refractivity contribution is -0.0541. The van der Waals surface area contributed by atoms with Crippen molar-refractivity contribution in [2.45, 2.75) is 31.0 Å². The molecular weight excluding hydrogens is 575 g/mol. The first-order valence-electron chi connectivity index (χ1n) is 10.8. The highest BCUT2D eigenvalue weighted by Crippen LogP contribution is 2.55. The maximum Gasteiger partial charge on any atom is 0.340 e. The molecule has 0 aliphatic carbocycles. The van der Waals surface area contributed by atoms with E-state index >= 15 is 0 Å². The van der Waals surface area contributed by atoms with Crippen LogP contribution in [0.15, 0.2) is 30.5 Å². The molecule has 6 N–H and O–H groups in total. The summed E-state index contributed by atoms with van der Waals surface area (Å²) in [7, 11) is -9.53. The maximum absolute atomic E-state index is 11.9. The zero-order chi connectivity index (χ0) is 27.0. The molecule has 1 aromatic carbocycles. The Morgan fingerprint density at radius 3 is 2.54 bits per heavy atom. The van der Waals surface area contributed by atoms with Crippen molar-refractivity contribution in [3.63, 3.8) is 0 Å². The molecule has 0 amide bonds. The third-order valence-electron chi connectivity index (χ3n) is 5.45. The van der Waals surface area contributed by atoms with Gasteiger partial charge in [-0.25, -0.2) is 4.68 Å². The Bertz CT molecular complexity index is 1370. The topological polar surface area (TPSA) is 209 Å². The fourth-order valence-electron chi connectivity index (χ4n) is 3.77. The number of ether oxygens (including phenoxy) is 1. The van der Waals surface area contributed by atoms with Crippen LogP contribution in [0.2, 0.25) is 10.3 Å². The van der Waals surface area contributed by atoms with Crippen LogP contribution >= 0.6 is 38.4 Å². The Morgan fingerprint density at radius 2 is 1.84 bits per heavy atom. The molecule has 1 unspecified atom stereocenters. The van der Waals surface area contributed by atoms with E-state index < -0.39 is 52.2 Å². The predicted molar refractivity (Wildman–Crippen MR) is 133 cm³/mol. The van der Waals surface area contributed by atoms with E-state index in [1.807, 2.05) is 18.2 Å². The summed E-state index contributed by atoms with van der Waals surface area (Å²) in [5, 5.41) is 29.2. The number of rotatable bonds is 10. The van der Waals surface area contributed by atoms with Gasteiger partial charge < -0.3 is 39.5 Å². The zero-order valence-electron chi connectivity index (χ0n) is 18.8. The van der Waals surface area contributed by atoms with Crippen LogP contribution in [0.4, 0.5) is 5.82 Å². The van der Waals surface area contributed by atoms with Gasteiger partial charge in [-0.05, 0) is 29.7 Å². The number of aliphatic hydroxyl groups excluding tert-OH is 2. The SMILES string of the molecule is O=P(O)(O)CP(=O)(O)OC[C@H]1O[C@@H](n2ncc3c(NCCc4ccccc4Cl)nc(Cl)nc32)[C@H](O)[C@@H]1O. The van der Waals surface area contributed by atoms with Crippen LogP contribution in [-0.2, 0) is 24.8 Å². The third-order valence-corrected chi connectivity index (χ3v) is 9.45. The summed E-state index contributed by atoms with van der Waals surface area (Å²) in [6.45, 7) is -0.278. The van der Waals surface area contributed by atoms with E-state index in [4.69, 9.17) is 42.2 Å². The van der Waals surface area contributed by atoms with Crippen molar-refractivity contribution >= 4 is 55.2 Å². The number of halogens is 2. The first-order chi connectivity index (χ1) is 17.3. The average molecular weight is 598 g/mol. The van der Waals surface area contributed by atoms with Gasteiger partial charge in [0.2, 0.25) is 5.28 Å². The van der Waals surface area contributed by atoms with Crippen molar-refractivity contribution < 1.29 is 43.3 Å². The Hall–Kier alpha value is -1.67. The molecule has 1 aliphatic heterocycles. The highest BCUT2D eigenvalue weighted by atomic mass is 35.5. The number of aliphatic hydroxyl groups is 2. The van der Waals surface area contributed by atoms with E-state index in [0.29, 0.717) is 29.2 Å². The van der Waals surface area contributed by atoms with Crippen molar-refractivity contribution in [3.8, 4) is 0 Å². The highest BCUT2D eigenvalue weighted by molar-refractivity contribution is 7.70. The van der Waals surface area contributed by atoms with E-state index in [1.54, 1.807) is 6.07 Å². The van der Waals surface area contributed by atoms with Crippen LogP contribution in [0.1, 0.15) is 11.8 Å². The minimum atomic E-state index is -4.84. The number of fused-ring (bicyclic) bond motifs is 1. The number of aromatic nitrogens is 4. The Balaban J connectivity index is 1.49. The smallest absolute Gasteiger partial charge is 0.340 e. The number of benzene rings is 1. The van der Waals surface area contributed by atoms with Gasteiger partial charge in [-0.15, -0.1) is 0 Å². The van der Waals surface area contributed by atoms with Gasteiger partial charge in [-0.3, -0.25) is 9.13 Å². The lowest BCUT2D eigenvalue weighted by atomic mass is 10.1. The second kappa shape index (κ2) is 11.2. The molecule has 3 heterocycles. The second-order valence-corrected chi connectivity index (χ2v) is 13.0. The molecule has 0 spiro atoms. The van der Waals surface area contributed by atoms with Crippen LogP contribution in [0.3, 0.4) is 0 Å². The number of nitrogens with zero attached hydrogens (tertiary/aromatic N) is 4. The molecule has 14 nitrogen and oxygen atoms in total. The van der Waals surface area contributed by atoms with E-state index in [-0.39, 0.29) is 10.9 Å². The summed E-state index contributed by atoms with van der Waals surface area (Å²) in [4.78, 5) is 35.8. The van der Waals surface area contributed by atoms with Gasteiger partial charge in [0.15, 0.2) is 17.8 Å². The number of anilines is 1. The zero-order valence-corrected chi connectivity index (χ0v) is 22.1. The third kappa shape index (κ3) is 6.86. The summed E-state index contributed by atoms with van der Waals surface area (Å²) >= 11 is 12.3. The fraction of sp³-hybridized carbons (Fsp3) is 0.421. The summed E-state index contributed by atoms with van der Waals surface area (Å²) in [5.74, 6) is -1.04. The first-order valence-corrected chi connectivity index (χ1v) is 15.1.